The molecule has 2 heteroatoms. The van der Waals surface area contributed by atoms with E-state index >= 15 is 0 Å². The number of hydrogen-bond acceptors (Lipinski definition) is 2. The summed E-state index contributed by atoms with van der Waals surface area (Å²) in [4.78, 5) is 0. The Balaban J connectivity index is 0.000000171. The molecule has 0 heterocycles. The van der Waals surface area contributed by atoms with Crippen LogP contribution in [0.25, 0.3) is 6.08 Å². The molecule has 0 spiro atoms. The monoisotopic (exact) mass is 226 g/mol. The van der Waals surface area contributed by atoms with Crippen molar-refractivity contribution in [2.24, 2.45) is 0 Å². The lowest BCUT2D eigenvalue weighted by molar-refractivity contribution is 1.47. The molecule has 0 saturated carbocycles. The minimum Gasteiger partial charge on any atom is -0.399 e. The Morgan fingerprint density at radius 3 is 1.59 bits per heavy atom. The van der Waals surface area contributed by atoms with Crippen LogP contribution in [0.15, 0.2) is 55.1 Å². The third kappa shape index (κ3) is 4.89. The quantitative estimate of drug-likeness (QED) is 0.731. The van der Waals surface area contributed by atoms with Crippen LogP contribution in [0.2, 0.25) is 0 Å². The number of rotatable bonds is 1. The molecule has 0 radical (unpaired) electrons. The van der Waals surface area contributed by atoms with Gasteiger partial charge in [-0.25, -0.2) is 0 Å². The second-order valence-electron chi connectivity index (χ2n) is 3.78. The van der Waals surface area contributed by atoms with E-state index in [-0.39, 0.29) is 0 Å². The third-order valence-corrected chi connectivity index (χ3v) is 2.25. The summed E-state index contributed by atoms with van der Waals surface area (Å²) in [5, 5.41) is 0. The molecule has 0 atom stereocenters. The average Bonchev–Trinajstić information content (AvgIpc) is 2.35. The van der Waals surface area contributed by atoms with Gasteiger partial charge in [0.25, 0.3) is 0 Å². The molecule has 0 aromatic heterocycles. The fraction of sp³-hybridized carbons (Fsp3) is 0.0667. The zero-order valence-corrected chi connectivity index (χ0v) is 10.1. The summed E-state index contributed by atoms with van der Waals surface area (Å²) < 4.78 is 0. The van der Waals surface area contributed by atoms with Gasteiger partial charge in [0.05, 0.1) is 0 Å². The molecule has 2 rings (SSSR count). The maximum Gasteiger partial charge on any atom is 0.0314 e. The van der Waals surface area contributed by atoms with Crippen molar-refractivity contribution in [2.75, 3.05) is 11.5 Å². The van der Waals surface area contributed by atoms with Gasteiger partial charge in [0.15, 0.2) is 0 Å². The van der Waals surface area contributed by atoms with Crippen LogP contribution in [0.1, 0.15) is 11.1 Å². The molecule has 0 unspecified atom stereocenters. The first kappa shape index (κ1) is 12.8. The van der Waals surface area contributed by atoms with Crippen LogP contribution in [-0.2, 0) is 0 Å². The van der Waals surface area contributed by atoms with E-state index in [2.05, 4.69) is 6.58 Å². The normalized spacial score (nSPS) is 9.00. The van der Waals surface area contributed by atoms with Gasteiger partial charge in [-0.3, -0.25) is 0 Å². The van der Waals surface area contributed by atoms with E-state index in [0.29, 0.717) is 0 Å². The molecule has 0 bridgehead atoms. The first-order chi connectivity index (χ1) is 8.11. The summed E-state index contributed by atoms with van der Waals surface area (Å²) in [6.45, 7) is 5.66. The summed E-state index contributed by atoms with van der Waals surface area (Å²) >= 11 is 0. The average molecular weight is 226 g/mol. The molecular weight excluding hydrogens is 208 g/mol. The first-order valence-corrected chi connectivity index (χ1v) is 5.42. The largest absolute Gasteiger partial charge is 0.399 e. The maximum atomic E-state index is 5.45. The number of nitrogen functional groups attached to an aromatic ring is 2. The Morgan fingerprint density at radius 2 is 1.24 bits per heavy atom. The van der Waals surface area contributed by atoms with Gasteiger partial charge >= 0.3 is 0 Å². The highest BCUT2D eigenvalue weighted by Crippen LogP contribution is 2.05. The van der Waals surface area contributed by atoms with Crippen molar-refractivity contribution >= 4 is 17.5 Å². The van der Waals surface area contributed by atoms with E-state index in [1.807, 2.05) is 55.5 Å². The van der Waals surface area contributed by atoms with Gasteiger partial charge in [-0.1, -0.05) is 42.5 Å². The number of anilines is 2. The van der Waals surface area contributed by atoms with E-state index < -0.39 is 0 Å². The van der Waals surface area contributed by atoms with Gasteiger partial charge in [-0.15, -0.1) is 0 Å². The molecule has 4 N–H and O–H groups in total. The highest BCUT2D eigenvalue weighted by molar-refractivity contribution is 5.51. The topological polar surface area (TPSA) is 52.0 Å². The molecular formula is C15H18N2. The number of aryl methyl sites for hydroxylation is 1. The lowest BCUT2D eigenvalue weighted by atomic mass is 10.2. The number of hydrogen-bond donors (Lipinski definition) is 2. The summed E-state index contributed by atoms with van der Waals surface area (Å²) in [5.41, 5.74) is 14.8. The highest BCUT2D eigenvalue weighted by atomic mass is 14.5. The Kier molecular flexibility index (Phi) is 4.82. The molecule has 2 nitrogen and oxygen atoms in total. The SMILES string of the molecule is C=Cc1ccc(N)cc1.Cc1ccc(N)cc1. The van der Waals surface area contributed by atoms with Crippen LogP contribution < -0.4 is 11.5 Å². The minimum atomic E-state index is 0.792. The van der Waals surface area contributed by atoms with Crippen molar-refractivity contribution < 1.29 is 0 Å². The predicted octanol–water partition coefficient (Wildman–Crippen LogP) is 3.49. The fourth-order valence-corrected chi connectivity index (χ4v) is 1.20. The van der Waals surface area contributed by atoms with E-state index in [1.54, 1.807) is 6.08 Å². The van der Waals surface area contributed by atoms with E-state index in [9.17, 15) is 0 Å². The zero-order valence-electron chi connectivity index (χ0n) is 10.1. The molecule has 2 aromatic carbocycles. The molecule has 0 fully saturated rings. The number of benzene rings is 2. The molecule has 0 aliphatic rings. The lowest BCUT2D eigenvalue weighted by Crippen LogP contribution is -1.81. The van der Waals surface area contributed by atoms with Crippen LogP contribution in [0.3, 0.4) is 0 Å². The van der Waals surface area contributed by atoms with E-state index in [0.717, 1.165) is 16.9 Å². The van der Waals surface area contributed by atoms with Gasteiger partial charge in [-0.2, -0.15) is 0 Å². The van der Waals surface area contributed by atoms with Gasteiger partial charge < -0.3 is 11.5 Å². The van der Waals surface area contributed by atoms with Crippen molar-refractivity contribution in [1.29, 1.82) is 0 Å². The third-order valence-electron chi connectivity index (χ3n) is 2.25. The summed E-state index contributed by atoms with van der Waals surface area (Å²) in [6.07, 6.45) is 1.79. The van der Waals surface area contributed by atoms with Crippen LogP contribution in [0, 0.1) is 6.92 Å². The van der Waals surface area contributed by atoms with Crippen LogP contribution in [0.5, 0.6) is 0 Å². The lowest BCUT2D eigenvalue weighted by Gasteiger charge is -1.91. The van der Waals surface area contributed by atoms with Crippen molar-refractivity contribution in [2.45, 2.75) is 6.92 Å². The molecule has 0 amide bonds. The van der Waals surface area contributed by atoms with E-state index in [4.69, 9.17) is 11.5 Å². The summed E-state index contributed by atoms with van der Waals surface area (Å²) in [7, 11) is 0. The molecule has 0 aliphatic carbocycles. The standard InChI is InChI=1S/C8H9N.C7H9N/c1-2-7-3-5-8(9)6-4-7;1-6-2-4-7(8)5-3-6/h2-6H,1,9H2;2-5H,8H2,1H3. The van der Waals surface area contributed by atoms with Gasteiger partial charge in [0.2, 0.25) is 0 Å². The Bertz CT molecular complexity index is 434. The van der Waals surface area contributed by atoms with Crippen molar-refractivity contribution in [3.8, 4) is 0 Å². The Morgan fingerprint density at radius 1 is 0.824 bits per heavy atom. The Labute approximate surface area is 103 Å². The molecule has 17 heavy (non-hydrogen) atoms. The fourth-order valence-electron chi connectivity index (χ4n) is 1.20. The molecule has 0 saturated heterocycles. The molecule has 2 aromatic rings. The highest BCUT2D eigenvalue weighted by Gasteiger charge is 1.82. The second kappa shape index (κ2) is 6.38. The van der Waals surface area contributed by atoms with E-state index in [1.165, 1.54) is 5.56 Å². The predicted molar refractivity (Wildman–Crippen MR) is 76.5 cm³/mol. The summed E-state index contributed by atoms with van der Waals surface area (Å²) in [5.74, 6) is 0. The second-order valence-corrected chi connectivity index (χ2v) is 3.78. The Hall–Kier alpha value is -2.22. The first-order valence-electron chi connectivity index (χ1n) is 5.42. The van der Waals surface area contributed by atoms with Crippen LogP contribution in [-0.4, -0.2) is 0 Å². The number of nitrogens with two attached hydrogens (primary N) is 2. The van der Waals surface area contributed by atoms with Gasteiger partial charge in [-0.05, 0) is 36.8 Å². The van der Waals surface area contributed by atoms with Crippen molar-refractivity contribution in [3.05, 3.63) is 66.2 Å². The smallest absolute Gasteiger partial charge is 0.0314 e. The minimum absolute atomic E-state index is 0.792. The van der Waals surface area contributed by atoms with Gasteiger partial charge in [0.1, 0.15) is 0 Å². The van der Waals surface area contributed by atoms with Crippen molar-refractivity contribution in [1.82, 2.24) is 0 Å². The molecule has 88 valence electrons. The maximum absolute atomic E-state index is 5.45. The molecule has 0 aliphatic heterocycles. The van der Waals surface area contributed by atoms with Crippen LogP contribution >= 0.6 is 0 Å². The van der Waals surface area contributed by atoms with Gasteiger partial charge in [0, 0.05) is 11.4 Å². The zero-order chi connectivity index (χ0) is 12.7. The summed E-state index contributed by atoms with van der Waals surface area (Å²) in [6, 6.07) is 15.4. The van der Waals surface area contributed by atoms with Crippen molar-refractivity contribution in [3.63, 3.8) is 0 Å². The van der Waals surface area contributed by atoms with Crippen LogP contribution in [0.4, 0.5) is 11.4 Å².